The van der Waals surface area contributed by atoms with E-state index in [0.29, 0.717) is 0 Å². The summed E-state index contributed by atoms with van der Waals surface area (Å²) in [5, 5.41) is 9.27. The molecule has 3 nitrogen and oxygen atoms in total. The van der Waals surface area contributed by atoms with Crippen LogP contribution in [0.25, 0.3) is 0 Å². The molecular formula is C12H23NO2. The number of nitrogens with zero attached hydrogens (tertiary/aromatic N) is 1. The minimum absolute atomic E-state index is 0.216. The van der Waals surface area contributed by atoms with Crippen molar-refractivity contribution in [1.29, 1.82) is 0 Å². The van der Waals surface area contributed by atoms with E-state index < -0.39 is 0 Å². The maximum Gasteiger partial charge on any atom is 0.136 e. The van der Waals surface area contributed by atoms with E-state index in [9.17, 15) is 9.90 Å². The third-order valence-corrected chi connectivity index (χ3v) is 3.51. The molecule has 0 radical (unpaired) electrons. The Morgan fingerprint density at radius 2 is 2.13 bits per heavy atom. The molecular weight excluding hydrogens is 190 g/mol. The van der Waals surface area contributed by atoms with E-state index in [-0.39, 0.29) is 23.8 Å². The quantitative estimate of drug-likeness (QED) is 0.768. The molecule has 0 aliphatic carbocycles. The maximum absolute atomic E-state index is 11.4. The van der Waals surface area contributed by atoms with Crippen LogP contribution in [-0.4, -0.2) is 41.5 Å². The van der Waals surface area contributed by atoms with Crippen LogP contribution in [0.1, 0.15) is 40.0 Å². The van der Waals surface area contributed by atoms with Gasteiger partial charge in [0.25, 0.3) is 0 Å². The number of aliphatic hydroxyl groups excluding tert-OH is 1. The van der Waals surface area contributed by atoms with Crippen molar-refractivity contribution in [3.05, 3.63) is 0 Å². The van der Waals surface area contributed by atoms with Crippen LogP contribution in [-0.2, 0) is 4.79 Å². The van der Waals surface area contributed by atoms with Gasteiger partial charge < -0.3 is 5.11 Å². The third kappa shape index (κ3) is 3.28. The van der Waals surface area contributed by atoms with Crippen molar-refractivity contribution < 1.29 is 9.90 Å². The predicted octanol–water partition coefficient (Wildman–Crippen LogP) is 1.45. The minimum Gasteiger partial charge on any atom is -0.395 e. The normalized spacial score (nSPS) is 24.1. The van der Waals surface area contributed by atoms with Gasteiger partial charge in [-0.1, -0.05) is 20.3 Å². The number of aliphatic hydroxyl groups is 1. The average molecular weight is 213 g/mol. The molecule has 0 aromatic heterocycles. The third-order valence-electron chi connectivity index (χ3n) is 3.51. The molecule has 1 saturated heterocycles. The Morgan fingerprint density at radius 1 is 1.47 bits per heavy atom. The van der Waals surface area contributed by atoms with Gasteiger partial charge in [0, 0.05) is 18.0 Å². The van der Waals surface area contributed by atoms with Crippen molar-refractivity contribution in [2.75, 3.05) is 19.7 Å². The largest absolute Gasteiger partial charge is 0.395 e. The van der Waals surface area contributed by atoms with Crippen LogP contribution in [0.15, 0.2) is 0 Å². The summed E-state index contributed by atoms with van der Waals surface area (Å²) in [4.78, 5) is 13.7. The molecule has 1 rings (SSSR count). The number of ketones is 1. The smallest absolute Gasteiger partial charge is 0.136 e. The highest BCUT2D eigenvalue weighted by Gasteiger charge is 2.31. The second-order valence-corrected chi connectivity index (χ2v) is 5.24. The summed E-state index contributed by atoms with van der Waals surface area (Å²) in [6.07, 6.45) is 3.44. The van der Waals surface area contributed by atoms with Gasteiger partial charge in [-0.05, 0) is 26.3 Å². The topological polar surface area (TPSA) is 40.5 Å². The standard InChI is InChI=1S/C12H23NO2/c1-10(15)12(2,3)9-13-7-5-4-6-11(13)8-14/h11,14H,4-9H2,1-3H3. The molecule has 0 aromatic rings. The molecule has 15 heavy (non-hydrogen) atoms. The molecule has 0 aromatic carbocycles. The van der Waals surface area contributed by atoms with Gasteiger partial charge in [-0.25, -0.2) is 0 Å². The fraction of sp³-hybridized carbons (Fsp3) is 0.917. The molecule has 1 aliphatic rings. The van der Waals surface area contributed by atoms with Gasteiger partial charge in [0.15, 0.2) is 0 Å². The molecule has 0 saturated carbocycles. The summed E-state index contributed by atoms with van der Waals surface area (Å²) < 4.78 is 0. The van der Waals surface area contributed by atoms with Gasteiger partial charge >= 0.3 is 0 Å². The van der Waals surface area contributed by atoms with Gasteiger partial charge in [-0.3, -0.25) is 9.69 Å². The van der Waals surface area contributed by atoms with Crippen molar-refractivity contribution in [3.63, 3.8) is 0 Å². The molecule has 1 fully saturated rings. The molecule has 1 aliphatic heterocycles. The first kappa shape index (κ1) is 12.7. The van der Waals surface area contributed by atoms with Crippen LogP contribution in [0.2, 0.25) is 0 Å². The van der Waals surface area contributed by atoms with E-state index in [1.807, 2.05) is 13.8 Å². The second-order valence-electron chi connectivity index (χ2n) is 5.24. The van der Waals surface area contributed by atoms with E-state index in [1.54, 1.807) is 6.92 Å². The lowest BCUT2D eigenvalue weighted by Gasteiger charge is -2.39. The minimum atomic E-state index is -0.287. The number of hydrogen-bond donors (Lipinski definition) is 1. The molecule has 0 amide bonds. The number of hydrogen-bond acceptors (Lipinski definition) is 3. The first-order valence-electron chi connectivity index (χ1n) is 5.83. The van der Waals surface area contributed by atoms with E-state index in [4.69, 9.17) is 0 Å². The second kappa shape index (κ2) is 5.08. The highest BCUT2D eigenvalue weighted by atomic mass is 16.3. The molecule has 1 N–H and O–H groups in total. The zero-order valence-electron chi connectivity index (χ0n) is 10.1. The fourth-order valence-electron chi connectivity index (χ4n) is 2.09. The average Bonchev–Trinajstić information content (AvgIpc) is 2.18. The molecule has 3 heteroatoms. The Labute approximate surface area is 92.5 Å². The number of Topliss-reactive ketones (excluding diaryl/α,β-unsaturated/α-hetero) is 1. The SMILES string of the molecule is CC(=O)C(C)(C)CN1CCCCC1CO. The van der Waals surface area contributed by atoms with E-state index in [0.717, 1.165) is 19.5 Å². The Hall–Kier alpha value is -0.410. The van der Waals surface area contributed by atoms with E-state index >= 15 is 0 Å². The Bertz CT molecular complexity index is 226. The lowest BCUT2D eigenvalue weighted by molar-refractivity contribution is -0.126. The predicted molar refractivity (Wildman–Crippen MR) is 60.8 cm³/mol. The Balaban J connectivity index is 2.58. The first-order valence-corrected chi connectivity index (χ1v) is 5.83. The number of likely N-dealkylation sites (tertiary alicyclic amines) is 1. The summed E-state index contributed by atoms with van der Waals surface area (Å²) in [5.74, 6) is 0.227. The van der Waals surface area contributed by atoms with Crippen molar-refractivity contribution >= 4 is 5.78 Å². The Kier molecular flexibility index (Phi) is 4.29. The van der Waals surface area contributed by atoms with Gasteiger partial charge in [-0.2, -0.15) is 0 Å². The zero-order chi connectivity index (χ0) is 11.5. The molecule has 1 heterocycles. The van der Waals surface area contributed by atoms with Crippen molar-refractivity contribution in [1.82, 2.24) is 4.90 Å². The number of piperidine rings is 1. The van der Waals surface area contributed by atoms with Crippen LogP contribution in [0, 0.1) is 5.41 Å². The van der Waals surface area contributed by atoms with Crippen molar-refractivity contribution in [3.8, 4) is 0 Å². The highest BCUT2D eigenvalue weighted by molar-refractivity contribution is 5.81. The van der Waals surface area contributed by atoms with Gasteiger partial charge in [0.05, 0.1) is 6.61 Å². The summed E-state index contributed by atoms with van der Waals surface area (Å²) in [7, 11) is 0. The molecule has 88 valence electrons. The number of carbonyl (C=O) groups is 1. The van der Waals surface area contributed by atoms with Gasteiger partial charge in [-0.15, -0.1) is 0 Å². The van der Waals surface area contributed by atoms with Gasteiger partial charge in [0.2, 0.25) is 0 Å². The van der Waals surface area contributed by atoms with Crippen LogP contribution in [0.5, 0.6) is 0 Å². The summed E-state index contributed by atoms with van der Waals surface area (Å²) in [5.41, 5.74) is -0.287. The number of rotatable bonds is 4. The lowest BCUT2D eigenvalue weighted by Crippen LogP contribution is -2.47. The summed E-state index contributed by atoms with van der Waals surface area (Å²) in [6, 6.07) is 0.261. The van der Waals surface area contributed by atoms with Crippen LogP contribution < -0.4 is 0 Å². The summed E-state index contributed by atoms with van der Waals surface area (Å²) >= 11 is 0. The molecule has 0 bridgehead atoms. The van der Waals surface area contributed by atoms with Crippen LogP contribution in [0.4, 0.5) is 0 Å². The Morgan fingerprint density at radius 3 is 2.67 bits per heavy atom. The van der Waals surface area contributed by atoms with Gasteiger partial charge in [0.1, 0.15) is 5.78 Å². The molecule has 0 spiro atoms. The maximum atomic E-state index is 11.4. The highest BCUT2D eigenvalue weighted by Crippen LogP contribution is 2.24. The van der Waals surface area contributed by atoms with E-state index in [1.165, 1.54) is 12.8 Å². The first-order chi connectivity index (χ1) is 6.97. The van der Waals surface area contributed by atoms with Crippen molar-refractivity contribution in [2.24, 2.45) is 5.41 Å². The lowest BCUT2D eigenvalue weighted by atomic mass is 9.87. The van der Waals surface area contributed by atoms with Crippen molar-refractivity contribution in [2.45, 2.75) is 46.1 Å². The summed E-state index contributed by atoms with van der Waals surface area (Å²) in [6.45, 7) is 7.62. The monoisotopic (exact) mass is 213 g/mol. The van der Waals surface area contributed by atoms with Crippen LogP contribution in [0.3, 0.4) is 0 Å². The number of carbonyl (C=O) groups excluding carboxylic acids is 1. The molecule has 1 atom stereocenters. The van der Waals surface area contributed by atoms with E-state index in [2.05, 4.69) is 4.90 Å². The zero-order valence-corrected chi connectivity index (χ0v) is 10.1. The van der Waals surface area contributed by atoms with Crippen LogP contribution >= 0.6 is 0 Å². The molecule has 1 unspecified atom stereocenters. The fourth-order valence-corrected chi connectivity index (χ4v) is 2.09.